The number of hydrogen-bond acceptors (Lipinski definition) is 8. The molecular weight excluding hydrogens is 510 g/mol. The first-order valence-electron chi connectivity index (χ1n) is 12.6. The molecule has 3 aromatic rings. The second-order valence-electron chi connectivity index (χ2n) is 10.9. The zero-order valence-electron chi connectivity index (χ0n) is 22.4. The molecule has 0 aliphatic carbocycles. The predicted molar refractivity (Wildman–Crippen MR) is 143 cm³/mol. The quantitative estimate of drug-likeness (QED) is 0.457. The number of nitrogens with zero attached hydrogens (tertiary/aromatic N) is 5. The molecule has 3 heterocycles. The first-order valence-corrected chi connectivity index (χ1v) is 14.3. The molecule has 4 rings (SSSR count). The van der Waals surface area contributed by atoms with E-state index in [1.165, 1.54) is 18.5 Å². The Bertz CT molecular complexity index is 1390. The minimum absolute atomic E-state index is 0.140. The Morgan fingerprint density at radius 2 is 1.66 bits per heavy atom. The third-order valence-corrected chi connectivity index (χ3v) is 9.48. The van der Waals surface area contributed by atoms with Crippen molar-refractivity contribution in [2.75, 3.05) is 25.5 Å². The molecule has 11 heteroatoms. The van der Waals surface area contributed by atoms with E-state index in [2.05, 4.69) is 30.2 Å². The van der Waals surface area contributed by atoms with Crippen LogP contribution in [0.3, 0.4) is 0 Å². The summed E-state index contributed by atoms with van der Waals surface area (Å²) < 4.78 is 54.2. The van der Waals surface area contributed by atoms with Gasteiger partial charge in [0.05, 0.1) is 27.6 Å². The van der Waals surface area contributed by atoms with Crippen LogP contribution in [0.4, 0.5) is 20.4 Å². The summed E-state index contributed by atoms with van der Waals surface area (Å²) in [4.78, 5) is 19.4. The average molecular weight is 545 g/mol. The number of halogens is 2. The fourth-order valence-electron chi connectivity index (χ4n) is 4.39. The summed E-state index contributed by atoms with van der Waals surface area (Å²) in [7, 11) is -1.39. The summed E-state index contributed by atoms with van der Waals surface area (Å²) in [5, 5.41) is 2.91. The minimum Gasteiger partial charge on any atom is -0.324 e. The smallest absolute Gasteiger partial charge is 0.227 e. The topological polar surface area (TPSA) is 101 Å². The third kappa shape index (κ3) is 6.50. The second-order valence-corrected chi connectivity index (χ2v) is 13.7. The van der Waals surface area contributed by atoms with Crippen LogP contribution >= 0.6 is 0 Å². The van der Waals surface area contributed by atoms with E-state index in [1.807, 2.05) is 14.0 Å². The van der Waals surface area contributed by atoms with E-state index in [9.17, 15) is 17.2 Å². The monoisotopic (exact) mass is 544 g/mol. The molecule has 0 saturated carbocycles. The van der Waals surface area contributed by atoms with Crippen molar-refractivity contribution >= 4 is 21.5 Å². The number of anilines is 2. The number of sulfone groups is 1. The maximum atomic E-state index is 15.0. The van der Waals surface area contributed by atoms with Gasteiger partial charge in [-0.3, -0.25) is 0 Å². The first kappa shape index (κ1) is 28.0. The molecule has 0 unspecified atom stereocenters. The number of hydrogen-bond donors (Lipinski definition) is 1. The number of likely N-dealkylation sites (tertiary alicyclic amines) is 1. The highest BCUT2D eigenvalue weighted by Crippen LogP contribution is 2.33. The molecule has 0 radical (unpaired) electrons. The highest BCUT2D eigenvalue weighted by molar-refractivity contribution is 7.91. The van der Waals surface area contributed by atoms with Crippen molar-refractivity contribution in [1.82, 2.24) is 24.8 Å². The van der Waals surface area contributed by atoms with Gasteiger partial charge in [-0.2, -0.15) is 0 Å². The van der Waals surface area contributed by atoms with Crippen LogP contribution in [0.5, 0.6) is 0 Å². The molecular formula is C27H34F2N6O2S. The molecule has 204 valence electrons. The van der Waals surface area contributed by atoms with Gasteiger partial charge in [-0.05, 0) is 90.4 Å². The van der Waals surface area contributed by atoms with Gasteiger partial charge in [0.25, 0.3) is 0 Å². The summed E-state index contributed by atoms with van der Waals surface area (Å²) >= 11 is 0. The Hall–Kier alpha value is -3.05. The number of aromatic nitrogens is 4. The predicted octanol–water partition coefficient (Wildman–Crippen LogP) is 4.71. The molecule has 1 aliphatic rings. The van der Waals surface area contributed by atoms with Crippen LogP contribution in [-0.4, -0.2) is 58.1 Å². The molecule has 38 heavy (non-hydrogen) atoms. The van der Waals surface area contributed by atoms with E-state index in [4.69, 9.17) is 0 Å². The number of aryl methyl sites for hydroxylation is 1. The first-order chi connectivity index (χ1) is 17.8. The fraction of sp³-hybridized carbons (Fsp3) is 0.481. The van der Waals surface area contributed by atoms with Crippen molar-refractivity contribution in [3.05, 3.63) is 70.6 Å². The fourth-order valence-corrected chi connectivity index (χ4v) is 5.37. The van der Waals surface area contributed by atoms with Crippen LogP contribution in [-0.2, 0) is 22.0 Å². The summed E-state index contributed by atoms with van der Waals surface area (Å²) in [6, 6.07) is 4.22. The van der Waals surface area contributed by atoms with Gasteiger partial charge in [-0.15, -0.1) is 0 Å². The van der Waals surface area contributed by atoms with Gasteiger partial charge in [0.1, 0.15) is 18.0 Å². The standard InChI is InChI=1S/C27H34F2N6O2S/c1-17-14-30-26(33-20-11-22(28)25(23(29)12-20)18-6-8-35(5)9-7-18)34-24(17)13-19-10-21(32-16-31-19)15-38(36,37)27(2,3)4/h10-12,14,16,18H,6-9,13,15H2,1-5H3,(H,30,33,34). The largest absolute Gasteiger partial charge is 0.324 e. The summed E-state index contributed by atoms with van der Waals surface area (Å²) in [6.45, 7) is 8.43. The lowest BCUT2D eigenvalue weighted by Gasteiger charge is -2.29. The Balaban J connectivity index is 1.51. The SMILES string of the molecule is Cc1cnc(Nc2cc(F)c(C3CCN(C)CC3)c(F)c2)nc1Cc1cc(CS(=O)(=O)C(C)(C)C)ncn1. The average Bonchev–Trinajstić information content (AvgIpc) is 2.81. The molecule has 2 aromatic heterocycles. The zero-order valence-corrected chi connectivity index (χ0v) is 23.2. The Morgan fingerprint density at radius 1 is 1.03 bits per heavy atom. The van der Waals surface area contributed by atoms with Crippen molar-refractivity contribution in [1.29, 1.82) is 0 Å². The van der Waals surface area contributed by atoms with Gasteiger partial charge in [0, 0.05) is 23.9 Å². The summed E-state index contributed by atoms with van der Waals surface area (Å²) in [6.07, 6.45) is 4.71. The van der Waals surface area contributed by atoms with Crippen molar-refractivity contribution in [2.45, 2.75) is 63.4 Å². The Morgan fingerprint density at radius 3 is 2.29 bits per heavy atom. The number of nitrogens with one attached hydrogen (secondary N) is 1. The van der Waals surface area contributed by atoms with Crippen LogP contribution in [0.25, 0.3) is 0 Å². The van der Waals surface area contributed by atoms with Crippen molar-refractivity contribution < 1.29 is 17.2 Å². The lowest BCUT2D eigenvalue weighted by Crippen LogP contribution is -2.30. The molecule has 0 amide bonds. The molecule has 1 aliphatic heterocycles. The van der Waals surface area contributed by atoms with Crippen LogP contribution in [0.2, 0.25) is 0 Å². The van der Waals surface area contributed by atoms with Gasteiger partial charge < -0.3 is 10.2 Å². The third-order valence-electron chi connectivity index (χ3n) is 6.94. The van der Waals surface area contributed by atoms with E-state index in [0.717, 1.165) is 18.7 Å². The molecule has 1 aromatic carbocycles. The van der Waals surface area contributed by atoms with E-state index in [1.54, 1.807) is 33.0 Å². The second kappa shape index (κ2) is 11.0. The van der Waals surface area contributed by atoms with E-state index < -0.39 is 26.2 Å². The van der Waals surface area contributed by atoms with Crippen LogP contribution < -0.4 is 5.32 Å². The van der Waals surface area contributed by atoms with Crippen LogP contribution in [0.15, 0.2) is 30.7 Å². The molecule has 0 bridgehead atoms. The van der Waals surface area contributed by atoms with Gasteiger partial charge in [-0.25, -0.2) is 37.1 Å². The van der Waals surface area contributed by atoms with Crippen LogP contribution in [0, 0.1) is 18.6 Å². The highest BCUT2D eigenvalue weighted by atomic mass is 32.2. The number of benzene rings is 1. The molecule has 1 saturated heterocycles. The minimum atomic E-state index is -3.40. The van der Waals surface area contributed by atoms with Gasteiger partial charge >= 0.3 is 0 Å². The lowest BCUT2D eigenvalue weighted by atomic mass is 9.88. The van der Waals surface area contributed by atoms with Crippen molar-refractivity contribution in [3.8, 4) is 0 Å². The molecule has 0 spiro atoms. The normalized spacial score (nSPS) is 15.6. The number of rotatable bonds is 7. The molecule has 8 nitrogen and oxygen atoms in total. The summed E-state index contributed by atoms with van der Waals surface area (Å²) in [5.41, 5.74) is 2.82. The Labute approximate surface area is 222 Å². The van der Waals surface area contributed by atoms with Crippen molar-refractivity contribution in [3.63, 3.8) is 0 Å². The lowest BCUT2D eigenvalue weighted by molar-refractivity contribution is 0.250. The van der Waals surface area contributed by atoms with Crippen LogP contribution in [0.1, 0.15) is 67.7 Å². The maximum absolute atomic E-state index is 15.0. The van der Waals surface area contributed by atoms with Gasteiger partial charge in [0.2, 0.25) is 5.95 Å². The molecule has 1 N–H and O–H groups in total. The van der Waals surface area contributed by atoms with Gasteiger partial charge in [0.15, 0.2) is 9.84 Å². The van der Waals surface area contributed by atoms with E-state index >= 15 is 0 Å². The molecule has 1 fully saturated rings. The van der Waals surface area contributed by atoms with E-state index in [-0.39, 0.29) is 28.9 Å². The maximum Gasteiger partial charge on any atom is 0.227 e. The highest BCUT2D eigenvalue weighted by Gasteiger charge is 2.29. The van der Waals surface area contributed by atoms with Crippen molar-refractivity contribution in [2.24, 2.45) is 0 Å². The van der Waals surface area contributed by atoms with E-state index in [0.29, 0.717) is 36.3 Å². The number of piperidine rings is 1. The Kier molecular flexibility index (Phi) is 8.08. The van der Waals surface area contributed by atoms with Gasteiger partial charge in [-0.1, -0.05) is 0 Å². The molecule has 0 atom stereocenters. The summed E-state index contributed by atoms with van der Waals surface area (Å²) in [5.74, 6) is -1.28. The zero-order chi connectivity index (χ0) is 27.7.